The number of halogens is 4. The van der Waals surface area contributed by atoms with E-state index in [1.54, 1.807) is 0 Å². The van der Waals surface area contributed by atoms with E-state index in [1.165, 1.54) is 13.1 Å². The van der Waals surface area contributed by atoms with Gasteiger partial charge in [0.15, 0.2) is 0 Å². The summed E-state index contributed by atoms with van der Waals surface area (Å²) in [5, 5.41) is 0. The molecule has 0 bridgehead atoms. The molecule has 6 heteroatoms. The van der Waals surface area contributed by atoms with Gasteiger partial charge in [0.2, 0.25) is 0 Å². The van der Waals surface area contributed by atoms with E-state index >= 15 is 0 Å². The Bertz CT molecular complexity index is 299. The Balaban J connectivity index is 3.26. The van der Waals surface area contributed by atoms with E-state index in [9.17, 15) is 12.9 Å². The minimum absolute atomic E-state index is 0.192. The predicted octanol–water partition coefficient (Wildman–Crippen LogP) is 2.21. The van der Waals surface area contributed by atoms with E-state index in [4.69, 9.17) is 0 Å². The molecule has 0 aromatic carbocycles. The lowest BCUT2D eigenvalue weighted by Gasteiger charge is -2.17. The number of nitrogens with zero attached hydrogens (tertiary/aromatic N) is 1. The van der Waals surface area contributed by atoms with Crippen LogP contribution in [0.1, 0.15) is 5.56 Å². The molecule has 0 fully saturated rings. The molecule has 0 unspecified atom stereocenters. The fraction of sp³-hybridized carbons (Fsp3) is 0.167. The molecule has 1 nitrogen and oxygen atoms in total. The van der Waals surface area contributed by atoms with Gasteiger partial charge >= 0.3 is 6.98 Å². The molecule has 0 aliphatic carbocycles. The first-order chi connectivity index (χ1) is 5.43. The van der Waals surface area contributed by atoms with Crippen molar-refractivity contribution in [2.75, 3.05) is 0 Å². The highest BCUT2D eigenvalue weighted by atomic mass is 79.9. The van der Waals surface area contributed by atoms with Crippen molar-refractivity contribution in [1.29, 1.82) is 0 Å². The van der Waals surface area contributed by atoms with Crippen molar-refractivity contribution >= 4 is 28.4 Å². The van der Waals surface area contributed by atoms with Gasteiger partial charge in [0, 0.05) is 16.9 Å². The Morgan fingerprint density at radius 1 is 1.33 bits per heavy atom. The highest BCUT2D eigenvalue weighted by molar-refractivity contribution is 9.10. The lowest BCUT2D eigenvalue weighted by Crippen LogP contribution is -2.36. The maximum Gasteiger partial charge on any atom is 0.511 e. The minimum atomic E-state index is -4.94. The van der Waals surface area contributed by atoms with Crippen molar-refractivity contribution in [3.05, 3.63) is 22.4 Å². The first-order valence-corrected chi connectivity index (χ1v) is 4.02. The van der Waals surface area contributed by atoms with Crippen molar-refractivity contribution in [3.63, 3.8) is 0 Å². The Morgan fingerprint density at radius 2 is 1.92 bits per heavy atom. The molecule has 0 radical (unpaired) electrons. The molecule has 0 amide bonds. The third-order valence-electron chi connectivity index (χ3n) is 1.55. The third kappa shape index (κ3) is 1.80. The summed E-state index contributed by atoms with van der Waals surface area (Å²) in [5.74, 6) is 0. The number of aromatic nitrogens is 1. The molecule has 1 rings (SSSR count). The maximum absolute atomic E-state index is 12.2. The minimum Gasteiger partial charge on any atom is -0.445 e. The molecule has 0 aliphatic rings. The Labute approximate surface area is 76.2 Å². The maximum atomic E-state index is 12.2. The first-order valence-electron chi connectivity index (χ1n) is 3.23. The van der Waals surface area contributed by atoms with E-state index in [-0.39, 0.29) is 5.56 Å². The quantitative estimate of drug-likeness (QED) is 0.684. The number of hydrogen-bond acceptors (Lipinski definition) is 1. The summed E-state index contributed by atoms with van der Waals surface area (Å²) in [6.45, 7) is -3.53. The van der Waals surface area contributed by atoms with Gasteiger partial charge in [0.1, 0.15) is 0 Å². The zero-order valence-electron chi connectivity index (χ0n) is 6.19. The fourth-order valence-electron chi connectivity index (χ4n) is 0.845. The van der Waals surface area contributed by atoms with Gasteiger partial charge in [-0.1, -0.05) is 11.0 Å². The molecule has 0 atom stereocenters. The lowest BCUT2D eigenvalue weighted by molar-refractivity contribution is 0.500. The lowest BCUT2D eigenvalue weighted by atomic mass is 9.78. The molecule has 1 aromatic rings. The summed E-state index contributed by atoms with van der Waals surface area (Å²) < 4.78 is 37.1. The molecular weight excluding hydrogens is 234 g/mol. The molecular formula is C6H5BBrF3N-. The summed E-state index contributed by atoms with van der Waals surface area (Å²) in [4.78, 5) is 3.46. The third-order valence-corrected chi connectivity index (χ3v) is 2.34. The van der Waals surface area contributed by atoms with Crippen LogP contribution in [-0.4, -0.2) is 12.0 Å². The Hall–Kier alpha value is -0.515. The zero-order valence-corrected chi connectivity index (χ0v) is 7.78. The van der Waals surface area contributed by atoms with Gasteiger partial charge in [-0.15, -0.1) is 0 Å². The van der Waals surface area contributed by atoms with Crippen molar-refractivity contribution in [2.45, 2.75) is 6.92 Å². The highest BCUT2D eigenvalue weighted by Crippen LogP contribution is 2.17. The van der Waals surface area contributed by atoms with E-state index in [0.717, 1.165) is 6.20 Å². The molecule has 0 saturated carbocycles. The molecule has 1 heterocycles. The van der Waals surface area contributed by atoms with Gasteiger partial charge in [0.05, 0.1) is 0 Å². The molecule has 66 valence electrons. The van der Waals surface area contributed by atoms with Gasteiger partial charge < -0.3 is 12.9 Å². The molecule has 0 N–H and O–H groups in total. The highest BCUT2D eigenvalue weighted by Gasteiger charge is 2.28. The number of rotatable bonds is 1. The van der Waals surface area contributed by atoms with E-state index < -0.39 is 12.4 Å². The van der Waals surface area contributed by atoms with Gasteiger partial charge in [-0.3, -0.25) is 4.98 Å². The van der Waals surface area contributed by atoms with Crippen LogP contribution in [0, 0.1) is 6.92 Å². The average molecular weight is 239 g/mol. The van der Waals surface area contributed by atoms with Crippen LogP contribution in [0.25, 0.3) is 0 Å². The average Bonchev–Trinajstić information content (AvgIpc) is 1.92. The normalized spacial score (nSPS) is 11.8. The van der Waals surface area contributed by atoms with Gasteiger partial charge in [-0.05, 0) is 22.9 Å². The number of pyridine rings is 1. The van der Waals surface area contributed by atoms with Crippen LogP contribution >= 0.6 is 15.9 Å². The van der Waals surface area contributed by atoms with Crippen LogP contribution in [0.15, 0.2) is 16.9 Å². The van der Waals surface area contributed by atoms with E-state index in [2.05, 4.69) is 20.9 Å². The standard InChI is InChI=1S/C6H5BBrF3N/c1-4-5(7(9,10)11)2-12-3-6(4)8/h2-3H,1H3/q-1. The summed E-state index contributed by atoms with van der Waals surface area (Å²) in [6, 6.07) is 0. The van der Waals surface area contributed by atoms with Gasteiger partial charge in [0.25, 0.3) is 0 Å². The van der Waals surface area contributed by atoms with Crippen molar-refractivity contribution in [1.82, 2.24) is 4.98 Å². The SMILES string of the molecule is Cc1c(Br)cncc1[B-](F)(F)F. The molecule has 12 heavy (non-hydrogen) atoms. The zero-order chi connectivity index (χ0) is 9.35. The van der Waals surface area contributed by atoms with E-state index in [1.807, 2.05) is 0 Å². The van der Waals surface area contributed by atoms with Crippen LogP contribution in [0.5, 0.6) is 0 Å². The summed E-state index contributed by atoms with van der Waals surface area (Å²) >= 11 is 2.99. The second-order valence-electron chi connectivity index (χ2n) is 2.41. The van der Waals surface area contributed by atoms with E-state index in [0.29, 0.717) is 4.47 Å². The summed E-state index contributed by atoms with van der Waals surface area (Å²) in [6.07, 6.45) is 2.20. The van der Waals surface area contributed by atoms with Crippen LogP contribution in [0.2, 0.25) is 0 Å². The number of hydrogen-bond donors (Lipinski definition) is 0. The summed E-state index contributed by atoms with van der Waals surface area (Å²) in [7, 11) is 0. The first kappa shape index (κ1) is 9.57. The van der Waals surface area contributed by atoms with Crippen LogP contribution in [0.4, 0.5) is 12.9 Å². The Kier molecular flexibility index (Phi) is 2.46. The van der Waals surface area contributed by atoms with Crippen LogP contribution in [-0.2, 0) is 0 Å². The van der Waals surface area contributed by atoms with Crippen LogP contribution < -0.4 is 5.46 Å². The monoisotopic (exact) mass is 238 g/mol. The second-order valence-corrected chi connectivity index (χ2v) is 3.26. The predicted molar refractivity (Wildman–Crippen MR) is 45.4 cm³/mol. The van der Waals surface area contributed by atoms with Crippen molar-refractivity contribution < 1.29 is 12.9 Å². The van der Waals surface area contributed by atoms with Crippen molar-refractivity contribution in [3.8, 4) is 0 Å². The molecule has 0 saturated heterocycles. The molecule has 0 spiro atoms. The molecule has 1 aromatic heterocycles. The molecule has 0 aliphatic heterocycles. The fourth-order valence-corrected chi connectivity index (χ4v) is 1.19. The van der Waals surface area contributed by atoms with Gasteiger partial charge in [-0.2, -0.15) is 0 Å². The smallest absolute Gasteiger partial charge is 0.445 e. The largest absolute Gasteiger partial charge is 0.511 e. The van der Waals surface area contributed by atoms with Gasteiger partial charge in [-0.25, -0.2) is 0 Å². The summed E-state index contributed by atoms with van der Waals surface area (Å²) in [5.41, 5.74) is -0.443. The second kappa shape index (κ2) is 3.09. The Morgan fingerprint density at radius 3 is 2.33 bits per heavy atom. The topological polar surface area (TPSA) is 12.9 Å². The van der Waals surface area contributed by atoms with Crippen LogP contribution in [0.3, 0.4) is 0 Å². The van der Waals surface area contributed by atoms with Crippen molar-refractivity contribution in [2.24, 2.45) is 0 Å².